The third-order valence-corrected chi connectivity index (χ3v) is 2.81. The Hall–Kier alpha value is -1.32. The second-order valence-corrected chi connectivity index (χ2v) is 4.17. The van der Waals surface area contributed by atoms with Crippen molar-refractivity contribution in [3.63, 3.8) is 0 Å². The zero-order chi connectivity index (χ0) is 12.4. The highest BCUT2D eigenvalue weighted by atomic mass is 35.5. The third kappa shape index (κ3) is 2.35. The maximum atomic E-state index is 11.8. The van der Waals surface area contributed by atoms with Crippen LogP contribution in [0.5, 0.6) is 0 Å². The molecule has 5 heteroatoms. The minimum absolute atomic E-state index is 0.137. The van der Waals surface area contributed by atoms with Gasteiger partial charge in [-0.2, -0.15) is 0 Å². The minimum atomic E-state index is -0.474. The van der Waals surface area contributed by atoms with Gasteiger partial charge in [-0.3, -0.25) is 0 Å². The molecule has 0 fully saturated rings. The van der Waals surface area contributed by atoms with E-state index in [-0.39, 0.29) is 10.7 Å². The van der Waals surface area contributed by atoms with E-state index in [1.165, 1.54) is 0 Å². The molecule has 2 rings (SSSR count). The van der Waals surface area contributed by atoms with Crippen molar-refractivity contribution in [1.29, 1.82) is 0 Å². The molecule has 17 heavy (non-hydrogen) atoms. The Morgan fingerprint density at radius 3 is 2.88 bits per heavy atom. The van der Waals surface area contributed by atoms with E-state index in [0.29, 0.717) is 17.0 Å². The molecule has 0 unspecified atom stereocenters. The van der Waals surface area contributed by atoms with E-state index in [1.54, 1.807) is 31.3 Å². The second kappa shape index (κ2) is 4.90. The Labute approximate surface area is 108 Å². The van der Waals surface area contributed by atoms with Crippen LogP contribution in [0.4, 0.5) is 0 Å². The molecule has 0 spiro atoms. The number of fused-ring (bicyclic) bond motifs is 1. The van der Waals surface area contributed by atoms with Gasteiger partial charge in [0.05, 0.1) is 6.61 Å². The number of hydrogen-bond acceptors (Lipinski definition) is 3. The van der Waals surface area contributed by atoms with Gasteiger partial charge in [-0.15, -0.1) is 0 Å². The first-order valence-electron chi connectivity index (χ1n) is 5.04. The van der Waals surface area contributed by atoms with Crippen LogP contribution < -0.4 is 0 Å². The second-order valence-electron chi connectivity index (χ2n) is 3.38. The van der Waals surface area contributed by atoms with Crippen molar-refractivity contribution in [2.45, 2.75) is 6.92 Å². The lowest BCUT2D eigenvalue weighted by atomic mass is 10.1. The summed E-state index contributed by atoms with van der Waals surface area (Å²) in [7, 11) is 0. The van der Waals surface area contributed by atoms with E-state index in [9.17, 15) is 4.79 Å². The van der Waals surface area contributed by atoms with Gasteiger partial charge < -0.3 is 4.74 Å². The number of benzene rings is 1. The van der Waals surface area contributed by atoms with E-state index in [0.717, 1.165) is 5.39 Å². The molecule has 0 radical (unpaired) electrons. The number of rotatable bonds is 2. The summed E-state index contributed by atoms with van der Waals surface area (Å²) in [5.74, 6) is -0.474. The number of halogens is 2. The highest BCUT2D eigenvalue weighted by molar-refractivity contribution is 6.34. The van der Waals surface area contributed by atoms with Crippen molar-refractivity contribution >= 4 is 39.9 Å². The number of ether oxygens (including phenoxy) is 1. The molecule has 1 heterocycles. The van der Waals surface area contributed by atoms with Crippen LogP contribution in [0.25, 0.3) is 10.8 Å². The fourth-order valence-corrected chi connectivity index (χ4v) is 1.98. The van der Waals surface area contributed by atoms with Crippen molar-refractivity contribution in [2.75, 3.05) is 6.61 Å². The normalized spacial score (nSPS) is 10.5. The summed E-state index contributed by atoms with van der Waals surface area (Å²) < 4.78 is 4.95. The van der Waals surface area contributed by atoms with Crippen LogP contribution in [0.15, 0.2) is 24.4 Å². The molecule has 1 aromatic carbocycles. The van der Waals surface area contributed by atoms with E-state index in [2.05, 4.69) is 4.98 Å². The largest absolute Gasteiger partial charge is 0.462 e. The number of hydrogen-bond donors (Lipinski definition) is 0. The molecule has 0 aliphatic rings. The van der Waals surface area contributed by atoms with Crippen LogP contribution in [0.3, 0.4) is 0 Å². The number of carbonyl (C=O) groups excluding carboxylic acids is 1. The molecule has 0 atom stereocenters. The van der Waals surface area contributed by atoms with Gasteiger partial charge in [0.15, 0.2) is 0 Å². The summed E-state index contributed by atoms with van der Waals surface area (Å²) in [6.07, 6.45) is 1.58. The zero-order valence-electron chi connectivity index (χ0n) is 9.04. The highest BCUT2D eigenvalue weighted by Crippen LogP contribution is 2.26. The van der Waals surface area contributed by atoms with Gasteiger partial charge in [0.25, 0.3) is 0 Å². The summed E-state index contributed by atoms with van der Waals surface area (Å²) in [6.45, 7) is 2.03. The predicted octanol–water partition coefficient (Wildman–Crippen LogP) is 3.72. The number of esters is 1. The first kappa shape index (κ1) is 12.1. The Morgan fingerprint density at radius 2 is 2.18 bits per heavy atom. The highest BCUT2D eigenvalue weighted by Gasteiger charge is 2.16. The van der Waals surface area contributed by atoms with Crippen LogP contribution in [-0.4, -0.2) is 17.6 Å². The lowest BCUT2D eigenvalue weighted by molar-refractivity contribution is 0.0528. The molecule has 0 saturated carbocycles. The molecule has 0 bridgehead atoms. The van der Waals surface area contributed by atoms with Crippen molar-refractivity contribution in [1.82, 2.24) is 4.98 Å². The molecule has 0 amide bonds. The Kier molecular flexibility index (Phi) is 3.50. The van der Waals surface area contributed by atoms with Crippen molar-refractivity contribution in [2.24, 2.45) is 0 Å². The standard InChI is InChI=1S/C12H9Cl2NO2/c1-2-17-12(16)10-9-4-3-8(13)5-7(9)6-15-11(10)14/h3-6H,2H2,1H3. The van der Waals surface area contributed by atoms with Crippen LogP contribution in [0, 0.1) is 0 Å². The molecule has 1 aromatic heterocycles. The average molecular weight is 270 g/mol. The molecule has 0 aliphatic carbocycles. The zero-order valence-corrected chi connectivity index (χ0v) is 10.5. The Morgan fingerprint density at radius 1 is 1.41 bits per heavy atom. The van der Waals surface area contributed by atoms with E-state index < -0.39 is 5.97 Å². The summed E-state index contributed by atoms with van der Waals surface area (Å²) in [5, 5.41) is 2.16. The maximum Gasteiger partial charge on any atom is 0.341 e. The molecular formula is C12H9Cl2NO2. The Bertz CT molecular complexity index is 584. The van der Waals surface area contributed by atoms with Crippen LogP contribution in [0.2, 0.25) is 10.2 Å². The lowest BCUT2D eigenvalue weighted by Crippen LogP contribution is -2.07. The van der Waals surface area contributed by atoms with E-state index >= 15 is 0 Å². The summed E-state index contributed by atoms with van der Waals surface area (Å²) >= 11 is 11.8. The molecular weight excluding hydrogens is 261 g/mol. The molecule has 3 nitrogen and oxygen atoms in total. The smallest absolute Gasteiger partial charge is 0.341 e. The van der Waals surface area contributed by atoms with Gasteiger partial charge in [-0.25, -0.2) is 9.78 Å². The maximum absolute atomic E-state index is 11.8. The van der Waals surface area contributed by atoms with Crippen LogP contribution in [0.1, 0.15) is 17.3 Å². The summed E-state index contributed by atoms with van der Waals surface area (Å²) in [5.41, 5.74) is 0.280. The lowest BCUT2D eigenvalue weighted by Gasteiger charge is -2.07. The van der Waals surface area contributed by atoms with Gasteiger partial charge in [-0.05, 0) is 19.1 Å². The van der Waals surface area contributed by atoms with E-state index in [1.807, 2.05) is 0 Å². The molecule has 0 aliphatic heterocycles. The fourth-order valence-electron chi connectivity index (χ4n) is 1.57. The first-order chi connectivity index (χ1) is 8.13. The number of pyridine rings is 1. The fraction of sp³-hybridized carbons (Fsp3) is 0.167. The van der Waals surface area contributed by atoms with E-state index in [4.69, 9.17) is 27.9 Å². The first-order valence-corrected chi connectivity index (χ1v) is 5.80. The average Bonchev–Trinajstić information content (AvgIpc) is 2.29. The van der Waals surface area contributed by atoms with Crippen molar-refractivity contribution < 1.29 is 9.53 Å². The van der Waals surface area contributed by atoms with Gasteiger partial charge in [0, 0.05) is 22.0 Å². The quantitative estimate of drug-likeness (QED) is 0.616. The van der Waals surface area contributed by atoms with Gasteiger partial charge >= 0.3 is 5.97 Å². The van der Waals surface area contributed by atoms with Gasteiger partial charge in [-0.1, -0.05) is 29.3 Å². The van der Waals surface area contributed by atoms with Crippen molar-refractivity contribution in [3.8, 4) is 0 Å². The Balaban J connectivity index is 2.67. The molecule has 0 N–H and O–H groups in total. The molecule has 0 saturated heterocycles. The number of nitrogens with zero attached hydrogens (tertiary/aromatic N) is 1. The monoisotopic (exact) mass is 269 g/mol. The SMILES string of the molecule is CCOC(=O)c1c(Cl)ncc2cc(Cl)ccc12. The molecule has 88 valence electrons. The topological polar surface area (TPSA) is 39.2 Å². The number of carbonyl (C=O) groups is 1. The number of aromatic nitrogens is 1. The summed E-state index contributed by atoms with van der Waals surface area (Å²) in [6, 6.07) is 5.16. The van der Waals surface area contributed by atoms with Crippen LogP contribution in [-0.2, 0) is 4.74 Å². The van der Waals surface area contributed by atoms with Crippen molar-refractivity contribution in [3.05, 3.63) is 40.1 Å². The molecule has 2 aromatic rings. The minimum Gasteiger partial charge on any atom is -0.462 e. The van der Waals surface area contributed by atoms with Gasteiger partial charge in [0.2, 0.25) is 0 Å². The van der Waals surface area contributed by atoms with Gasteiger partial charge in [0.1, 0.15) is 10.7 Å². The summed E-state index contributed by atoms with van der Waals surface area (Å²) in [4.78, 5) is 15.7. The van der Waals surface area contributed by atoms with Crippen LogP contribution >= 0.6 is 23.2 Å². The third-order valence-electron chi connectivity index (χ3n) is 2.29. The predicted molar refractivity (Wildman–Crippen MR) is 67.7 cm³/mol.